The molecular formula is C17H22N2O3. The number of ether oxygens (including phenoxy) is 1. The smallest absolute Gasteiger partial charge is 0.311 e. The zero-order valence-corrected chi connectivity index (χ0v) is 12.7. The summed E-state index contributed by atoms with van der Waals surface area (Å²) in [4.78, 5) is 26.2. The molecule has 0 aromatic heterocycles. The number of nitrogens with zero attached hydrogens (tertiary/aromatic N) is 1. The van der Waals surface area contributed by atoms with Gasteiger partial charge in [-0.2, -0.15) is 0 Å². The SMILES string of the molecule is O=C(OCc1ccccc1)[C@H]1CCN(C(=O)[C@H]2CCCN2)C1. The van der Waals surface area contributed by atoms with E-state index >= 15 is 0 Å². The van der Waals surface area contributed by atoms with Gasteiger partial charge in [-0.3, -0.25) is 9.59 Å². The first-order chi connectivity index (χ1) is 10.7. The van der Waals surface area contributed by atoms with Crippen molar-refractivity contribution in [3.63, 3.8) is 0 Å². The van der Waals surface area contributed by atoms with Crippen molar-refractivity contribution < 1.29 is 14.3 Å². The standard InChI is InChI=1S/C17H22N2O3/c20-16(15-7-4-9-18-15)19-10-8-14(11-19)17(21)22-12-13-5-2-1-3-6-13/h1-3,5-6,14-15,18H,4,7-12H2/t14-,15+/m0/s1. The van der Waals surface area contributed by atoms with E-state index in [1.807, 2.05) is 30.3 Å². The molecule has 0 aliphatic carbocycles. The van der Waals surface area contributed by atoms with Gasteiger partial charge < -0.3 is 15.0 Å². The molecule has 0 radical (unpaired) electrons. The summed E-state index contributed by atoms with van der Waals surface area (Å²) in [6.07, 6.45) is 2.65. The molecule has 0 unspecified atom stereocenters. The molecule has 3 rings (SSSR count). The van der Waals surface area contributed by atoms with E-state index in [1.165, 1.54) is 0 Å². The van der Waals surface area contributed by atoms with Gasteiger partial charge in [-0.1, -0.05) is 30.3 Å². The molecule has 0 saturated carbocycles. The fraction of sp³-hybridized carbons (Fsp3) is 0.529. The molecule has 2 saturated heterocycles. The summed E-state index contributed by atoms with van der Waals surface area (Å²) >= 11 is 0. The number of likely N-dealkylation sites (tertiary alicyclic amines) is 1. The van der Waals surface area contributed by atoms with Gasteiger partial charge in [0.2, 0.25) is 5.91 Å². The minimum Gasteiger partial charge on any atom is -0.461 e. The molecule has 2 atom stereocenters. The Labute approximate surface area is 130 Å². The van der Waals surface area contributed by atoms with Crippen LogP contribution >= 0.6 is 0 Å². The number of hydrogen-bond donors (Lipinski definition) is 1. The Morgan fingerprint density at radius 1 is 1.23 bits per heavy atom. The average Bonchev–Trinajstić information content (AvgIpc) is 3.24. The van der Waals surface area contributed by atoms with E-state index in [0.29, 0.717) is 26.1 Å². The molecule has 1 aromatic rings. The number of benzene rings is 1. The van der Waals surface area contributed by atoms with Crippen LogP contribution < -0.4 is 5.32 Å². The predicted octanol–water partition coefficient (Wildman–Crippen LogP) is 1.33. The van der Waals surface area contributed by atoms with Crippen LogP contribution in [0.1, 0.15) is 24.8 Å². The van der Waals surface area contributed by atoms with Crippen molar-refractivity contribution in [2.45, 2.75) is 31.9 Å². The summed E-state index contributed by atoms with van der Waals surface area (Å²) in [6, 6.07) is 9.59. The van der Waals surface area contributed by atoms with Gasteiger partial charge in [-0.15, -0.1) is 0 Å². The number of carbonyl (C=O) groups is 2. The van der Waals surface area contributed by atoms with Crippen molar-refractivity contribution in [1.29, 1.82) is 0 Å². The van der Waals surface area contributed by atoms with Gasteiger partial charge in [0.25, 0.3) is 0 Å². The van der Waals surface area contributed by atoms with Gasteiger partial charge >= 0.3 is 5.97 Å². The maximum atomic E-state index is 12.3. The lowest BCUT2D eigenvalue weighted by Crippen LogP contribution is -2.42. The molecule has 5 nitrogen and oxygen atoms in total. The van der Waals surface area contributed by atoms with E-state index in [4.69, 9.17) is 4.74 Å². The average molecular weight is 302 g/mol. The third-order valence-corrected chi connectivity index (χ3v) is 4.42. The Morgan fingerprint density at radius 2 is 2.05 bits per heavy atom. The Balaban J connectivity index is 1.47. The number of hydrogen-bond acceptors (Lipinski definition) is 4. The van der Waals surface area contributed by atoms with Crippen molar-refractivity contribution in [1.82, 2.24) is 10.2 Å². The molecule has 1 aromatic carbocycles. The van der Waals surface area contributed by atoms with Crippen molar-refractivity contribution in [2.24, 2.45) is 5.92 Å². The third-order valence-electron chi connectivity index (χ3n) is 4.42. The van der Waals surface area contributed by atoms with Gasteiger partial charge in [-0.05, 0) is 31.4 Å². The van der Waals surface area contributed by atoms with Crippen LogP contribution in [0, 0.1) is 5.92 Å². The zero-order valence-electron chi connectivity index (χ0n) is 12.7. The molecule has 0 spiro atoms. The van der Waals surface area contributed by atoms with Gasteiger partial charge in [0.1, 0.15) is 6.61 Å². The van der Waals surface area contributed by atoms with Crippen LogP contribution in [0.2, 0.25) is 0 Å². The number of nitrogens with one attached hydrogen (secondary N) is 1. The highest BCUT2D eigenvalue weighted by molar-refractivity contribution is 5.83. The van der Waals surface area contributed by atoms with E-state index < -0.39 is 0 Å². The second-order valence-corrected chi connectivity index (χ2v) is 6.01. The molecule has 2 fully saturated rings. The van der Waals surface area contributed by atoms with Crippen molar-refractivity contribution in [3.05, 3.63) is 35.9 Å². The fourth-order valence-electron chi connectivity index (χ4n) is 3.12. The second kappa shape index (κ2) is 6.92. The lowest BCUT2D eigenvalue weighted by atomic mass is 10.1. The molecule has 2 aliphatic rings. The molecular weight excluding hydrogens is 280 g/mol. The van der Waals surface area contributed by atoms with Gasteiger partial charge in [0.05, 0.1) is 12.0 Å². The zero-order chi connectivity index (χ0) is 15.4. The lowest BCUT2D eigenvalue weighted by molar-refractivity contribution is -0.149. The van der Waals surface area contributed by atoms with Crippen LogP contribution in [-0.4, -0.2) is 42.5 Å². The van der Waals surface area contributed by atoms with Gasteiger partial charge in [-0.25, -0.2) is 0 Å². The summed E-state index contributed by atoms with van der Waals surface area (Å²) in [5.74, 6) is -0.247. The third kappa shape index (κ3) is 3.47. The number of carbonyl (C=O) groups excluding carboxylic acids is 2. The minimum atomic E-state index is -0.196. The van der Waals surface area contributed by atoms with E-state index in [-0.39, 0.29) is 23.8 Å². The topological polar surface area (TPSA) is 58.6 Å². The van der Waals surface area contributed by atoms with E-state index in [9.17, 15) is 9.59 Å². The second-order valence-electron chi connectivity index (χ2n) is 6.01. The molecule has 2 heterocycles. The Bertz CT molecular complexity index is 526. The molecule has 22 heavy (non-hydrogen) atoms. The largest absolute Gasteiger partial charge is 0.461 e. The van der Waals surface area contributed by atoms with Crippen LogP contribution in [0.15, 0.2) is 30.3 Å². The summed E-state index contributed by atoms with van der Waals surface area (Å²) in [7, 11) is 0. The van der Waals surface area contributed by atoms with Crippen LogP contribution in [0.5, 0.6) is 0 Å². The normalized spacial score (nSPS) is 24.5. The Kier molecular flexibility index (Phi) is 4.73. The monoisotopic (exact) mass is 302 g/mol. The van der Waals surface area contributed by atoms with E-state index in [0.717, 1.165) is 24.9 Å². The maximum Gasteiger partial charge on any atom is 0.311 e. The van der Waals surface area contributed by atoms with Crippen molar-refractivity contribution in [3.8, 4) is 0 Å². The lowest BCUT2D eigenvalue weighted by Gasteiger charge is -2.20. The van der Waals surface area contributed by atoms with E-state index in [2.05, 4.69) is 5.32 Å². The molecule has 1 N–H and O–H groups in total. The van der Waals surface area contributed by atoms with Gasteiger partial charge in [0, 0.05) is 13.1 Å². The minimum absolute atomic E-state index is 0.0564. The highest BCUT2D eigenvalue weighted by Gasteiger charge is 2.35. The van der Waals surface area contributed by atoms with Crippen molar-refractivity contribution in [2.75, 3.05) is 19.6 Å². The molecule has 5 heteroatoms. The number of amides is 1. The fourth-order valence-corrected chi connectivity index (χ4v) is 3.12. The first-order valence-electron chi connectivity index (χ1n) is 7.97. The Morgan fingerprint density at radius 3 is 2.77 bits per heavy atom. The Hall–Kier alpha value is -1.88. The quantitative estimate of drug-likeness (QED) is 0.853. The summed E-state index contributed by atoms with van der Waals surface area (Å²) in [5, 5.41) is 3.22. The number of esters is 1. The summed E-state index contributed by atoms with van der Waals surface area (Å²) in [5.41, 5.74) is 0.983. The predicted molar refractivity (Wildman–Crippen MR) is 81.9 cm³/mol. The van der Waals surface area contributed by atoms with Gasteiger partial charge in [0.15, 0.2) is 0 Å². The van der Waals surface area contributed by atoms with E-state index in [1.54, 1.807) is 4.90 Å². The molecule has 118 valence electrons. The summed E-state index contributed by atoms with van der Waals surface area (Å²) < 4.78 is 5.37. The molecule has 0 bridgehead atoms. The van der Waals surface area contributed by atoms with Crippen LogP contribution in [0.3, 0.4) is 0 Å². The van der Waals surface area contributed by atoms with Crippen LogP contribution in [-0.2, 0) is 20.9 Å². The first-order valence-corrected chi connectivity index (χ1v) is 7.97. The highest BCUT2D eigenvalue weighted by Crippen LogP contribution is 2.21. The van der Waals surface area contributed by atoms with Crippen LogP contribution in [0.4, 0.5) is 0 Å². The summed E-state index contributed by atoms with van der Waals surface area (Å²) in [6.45, 7) is 2.36. The highest BCUT2D eigenvalue weighted by atomic mass is 16.5. The first kappa shape index (κ1) is 15.0. The molecule has 2 aliphatic heterocycles. The number of rotatable bonds is 4. The molecule has 1 amide bonds. The van der Waals surface area contributed by atoms with Crippen LogP contribution in [0.25, 0.3) is 0 Å². The van der Waals surface area contributed by atoms with Crippen molar-refractivity contribution >= 4 is 11.9 Å². The maximum absolute atomic E-state index is 12.3.